The summed E-state index contributed by atoms with van der Waals surface area (Å²) in [5, 5.41) is 8.89. The fourth-order valence-corrected chi connectivity index (χ4v) is 1.92. The second-order valence-electron chi connectivity index (χ2n) is 6.46. The molecule has 1 heterocycles. The molecule has 20 heavy (non-hydrogen) atoms. The molecular weight excluding hydrogens is 262 g/mol. The Balaban J connectivity index is 2.74. The minimum Gasteiger partial charge on any atom is -0.465 e. The third kappa shape index (κ3) is 3.49. The highest BCUT2D eigenvalue weighted by atomic mass is 16.5. The number of hydrogen-bond donors (Lipinski definition) is 1. The molecule has 0 spiro atoms. The second kappa shape index (κ2) is 5.81. The Morgan fingerprint density at radius 2 is 1.80 bits per heavy atom. The van der Waals surface area contributed by atoms with Gasteiger partial charge in [0.2, 0.25) is 0 Å². The zero-order chi connectivity index (χ0) is 15.6. The molecule has 0 radical (unpaired) electrons. The number of likely N-dealkylation sites (tertiary alicyclic amines) is 1. The van der Waals surface area contributed by atoms with Gasteiger partial charge >= 0.3 is 12.1 Å². The van der Waals surface area contributed by atoms with Crippen LogP contribution in [-0.2, 0) is 14.3 Å². The molecule has 1 aliphatic rings. The third-order valence-corrected chi connectivity index (χ3v) is 4.06. The van der Waals surface area contributed by atoms with Crippen LogP contribution in [0.1, 0.15) is 40.5 Å². The fourth-order valence-electron chi connectivity index (χ4n) is 1.92. The van der Waals surface area contributed by atoms with Crippen molar-refractivity contribution in [2.24, 2.45) is 10.8 Å². The first kappa shape index (κ1) is 16.5. The van der Waals surface area contributed by atoms with Crippen molar-refractivity contribution in [1.29, 1.82) is 0 Å². The van der Waals surface area contributed by atoms with Crippen LogP contribution in [0.2, 0.25) is 0 Å². The summed E-state index contributed by atoms with van der Waals surface area (Å²) in [7, 11) is 0. The lowest BCUT2D eigenvalue weighted by Gasteiger charge is -2.37. The van der Waals surface area contributed by atoms with Crippen molar-refractivity contribution in [1.82, 2.24) is 4.90 Å². The second-order valence-corrected chi connectivity index (χ2v) is 6.46. The molecule has 0 aromatic heterocycles. The van der Waals surface area contributed by atoms with Crippen LogP contribution >= 0.6 is 0 Å². The Hall–Kier alpha value is -1.59. The van der Waals surface area contributed by atoms with Gasteiger partial charge in [0.25, 0.3) is 0 Å². The van der Waals surface area contributed by atoms with E-state index in [1.165, 1.54) is 4.90 Å². The number of ether oxygens (including phenoxy) is 1. The Kier molecular flexibility index (Phi) is 4.78. The SMILES string of the molecule is CC(OC(=O)C1(C=O)CCN(C(=O)O)CC1)C(C)(C)C. The number of carbonyl (C=O) groups is 3. The van der Waals surface area contributed by atoms with Gasteiger partial charge in [-0.15, -0.1) is 0 Å². The van der Waals surface area contributed by atoms with Crippen LogP contribution < -0.4 is 0 Å². The van der Waals surface area contributed by atoms with E-state index in [0.717, 1.165) is 0 Å². The standard InChI is InChI=1S/C14H23NO5/c1-10(13(2,3)4)20-11(17)14(9-16)5-7-15(8-6-14)12(18)19/h9-10H,5-8H2,1-4H3,(H,18,19). The molecule has 0 aliphatic carbocycles. The fraction of sp³-hybridized carbons (Fsp3) is 0.786. The van der Waals surface area contributed by atoms with E-state index in [-0.39, 0.29) is 37.5 Å². The summed E-state index contributed by atoms with van der Waals surface area (Å²) in [6.07, 6.45) is -0.369. The predicted molar refractivity (Wildman–Crippen MR) is 72.3 cm³/mol. The molecule has 0 aromatic carbocycles. The van der Waals surface area contributed by atoms with Gasteiger partial charge in [0.1, 0.15) is 17.8 Å². The maximum absolute atomic E-state index is 12.3. The van der Waals surface area contributed by atoms with Gasteiger partial charge in [-0.05, 0) is 25.2 Å². The number of piperidine rings is 1. The molecule has 1 N–H and O–H groups in total. The Labute approximate surface area is 119 Å². The average molecular weight is 285 g/mol. The van der Waals surface area contributed by atoms with Crippen LogP contribution in [-0.4, -0.2) is 47.5 Å². The van der Waals surface area contributed by atoms with Gasteiger partial charge in [0.15, 0.2) is 0 Å². The molecular formula is C14H23NO5. The molecule has 1 atom stereocenters. The first-order valence-corrected chi connectivity index (χ1v) is 6.78. The minimum absolute atomic E-state index is 0.174. The largest absolute Gasteiger partial charge is 0.465 e. The highest BCUT2D eigenvalue weighted by molar-refractivity contribution is 5.93. The van der Waals surface area contributed by atoms with Crippen molar-refractivity contribution >= 4 is 18.3 Å². The van der Waals surface area contributed by atoms with Gasteiger partial charge in [-0.3, -0.25) is 4.79 Å². The Morgan fingerprint density at radius 1 is 1.30 bits per heavy atom. The quantitative estimate of drug-likeness (QED) is 0.486. The molecule has 1 fully saturated rings. The topological polar surface area (TPSA) is 83.9 Å². The van der Waals surface area contributed by atoms with E-state index in [4.69, 9.17) is 9.84 Å². The highest BCUT2D eigenvalue weighted by Crippen LogP contribution is 2.33. The average Bonchev–Trinajstić information content (AvgIpc) is 2.37. The van der Waals surface area contributed by atoms with Gasteiger partial charge < -0.3 is 19.5 Å². The lowest BCUT2D eigenvalue weighted by atomic mass is 9.79. The maximum atomic E-state index is 12.3. The summed E-state index contributed by atoms with van der Waals surface area (Å²) in [5.74, 6) is -0.542. The van der Waals surface area contributed by atoms with Crippen LogP contribution in [0, 0.1) is 10.8 Å². The molecule has 114 valence electrons. The number of aldehydes is 1. The molecule has 1 aliphatic heterocycles. The molecule has 1 saturated heterocycles. The smallest absolute Gasteiger partial charge is 0.407 e. The summed E-state index contributed by atoms with van der Waals surface area (Å²) in [6, 6.07) is 0. The van der Waals surface area contributed by atoms with E-state index >= 15 is 0 Å². The first-order chi connectivity index (χ1) is 9.12. The van der Waals surface area contributed by atoms with Crippen LogP contribution in [0.3, 0.4) is 0 Å². The number of amides is 1. The molecule has 1 unspecified atom stereocenters. The normalized spacial score (nSPS) is 20.1. The Morgan fingerprint density at radius 3 is 2.15 bits per heavy atom. The van der Waals surface area contributed by atoms with Gasteiger partial charge in [0.05, 0.1) is 0 Å². The predicted octanol–water partition coefficient (Wildman–Crippen LogP) is 1.92. The number of rotatable bonds is 3. The van der Waals surface area contributed by atoms with E-state index in [1.54, 1.807) is 6.92 Å². The van der Waals surface area contributed by atoms with Crippen molar-refractivity contribution in [2.45, 2.75) is 46.6 Å². The van der Waals surface area contributed by atoms with Gasteiger partial charge in [0, 0.05) is 13.1 Å². The van der Waals surface area contributed by atoms with Crippen LogP contribution in [0.15, 0.2) is 0 Å². The first-order valence-electron chi connectivity index (χ1n) is 6.78. The molecule has 1 amide bonds. The summed E-state index contributed by atoms with van der Waals surface area (Å²) >= 11 is 0. The van der Waals surface area contributed by atoms with Crippen LogP contribution in [0.25, 0.3) is 0 Å². The van der Waals surface area contributed by atoms with Gasteiger partial charge in [-0.2, -0.15) is 0 Å². The van der Waals surface area contributed by atoms with E-state index in [2.05, 4.69) is 0 Å². The summed E-state index contributed by atoms with van der Waals surface area (Å²) in [6.45, 7) is 7.99. The van der Waals surface area contributed by atoms with E-state index in [0.29, 0.717) is 6.29 Å². The van der Waals surface area contributed by atoms with Crippen molar-refractivity contribution in [3.05, 3.63) is 0 Å². The van der Waals surface area contributed by atoms with Gasteiger partial charge in [-0.25, -0.2) is 4.79 Å². The molecule has 0 aromatic rings. The van der Waals surface area contributed by atoms with Crippen molar-refractivity contribution in [3.63, 3.8) is 0 Å². The van der Waals surface area contributed by atoms with Crippen LogP contribution in [0.4, 0.5) is 4.79 Å². The van der Waals surface area contributed by atoms with E-state index < -0.39 is 17.5 Å². The van der Waals surface area contributed by atoms with Crippen molar-refractivity contribution in [2.75, 3.05) is 13.1 Å². The van der Waals surface area contributed by atoms with Crippen LogP contribution in [0.5, 0.6) is 0 Å². The summed E-state index contributed by atoms with van der Waals surface area (Å²) < 4.78 is 5.41. The van der Waals surface area contributed by atoms with E-state index in [9.17, 15) is 14.4 Å². The zero-order valence-electron chi connectivity index (χ0n) is 12.5. The van der Waals surface area contributed by atoms with Gasteiger partial charge in [-0.1, -0.05) is 20.8 Å². The molecule has 1 rings (SSSR count). The lowest BCUT2D eigenvalue weighted by Crippen LogP contribution is -2.48. The maximum Gasteiger partial charge on any atom is 0.407 e. The third-order valence-electron chi connectivity index (χ3n) is 4.06. The highest BCUT2D eigenvalue weighted by Gasteiger charge is 2.45. The number of nitrogens with zero attached hydrogens (tertiary/aromatic N) is 1. The monoisotopic (exact) mass is 285 g/mol. The number of esters is 1. The lowest BCUT2D eigenvalue weighted by molar-refractivity contribution is -0.169. The van der Waals surface area contributed by atoms with Crippen molar-refractivity contribution < 1.29 is 24.2 Å². The van der Waals surface area contributed by atoms with E-state index in [1.807, 2.05) is 20.8 Å². The zero-order valence-corrected chi connectivity index (χ0v) is 12.5. The minimum atomic E-state index is -1.20. The number of hydrogen-bond acceptors (Lipinski definition) is 4. The molecule has 0 saturated carbocycles. The summed E-state index contributed by atoms with van der Waals surface area (Å²) in [4.78, 5) is 35.7. The number of carboxylic acid groups (broad SMARTS) is 1. The number of carbonyl (C=O) groups excluding carboxylic acids is 2. The molecule has 6 nitrogen and oxygen atoms in total. The molecule has 0 bridgehead atoms. The molecule has 6 heteroatoms. The summed E-state index contributed by atoms with van der Waals surface area (Å²) in [5.41, 5.74) is -1.41. The van der Waals surface area contributed by atoms with Crippen molar-refractivity contribution in [3.8, 4) is 0 Å². The Bertz CT molecular complexity index is 391.